The molecule has 3 heteroatoms. The zero-order chi connectivity index (χ0) is 28.6. The molecule has 0 bridgehead atoms. The van der Waals surface area contributed by atoms with Gasteiger partial charge in [0.2, 0.25) is 0 Å². The molecular weight excluding hydrogens is 498 g/mol. The predicted molar refractivity (Wildman–Crippen MR) is 174 cm³/mol. The zero-order valence-electron chi connectivity index (χ0n) is 25.2. The molecule has 0 amide bonds. The van der Waals surface area contributed by atoms with Crippen LogP contribution in [0.5, 0.6) is 0 Å². The fraction of sp³-hybridized carbons (Fsp3) is 0.237. The second kappa shape index (κ2) is 9.07. The highest BCUT2D eigenvalue weighted by atomic mass is 15.1. The Kier molecular flexibility index (Phi) is 5.66. The lowest BCUT2D eigenvalue weighted by Gasteiger charge is -2.19. The van der Waals surface area contributed by atoms with E-state index < -0.39 is 0 Å². The Balaban J connectivity index is 1.70. The third-order valence-electron chi connectivity index (χ3n) is 8.87. The van der Waals surface area contributed by atoms with E-state index >= 15 is 0 Å². The monoisotopic (exact) mass is 536 g/mol. The summed E-state index contributed by atoms with van der Waals surface area (Å²) in [5.41, 5.74) is 10.3. The van der Waals surface area contributed by atoms with E-state index in [0.29, 0.717) is 5.92 Å². The third kappa shape index (κ3) is 3.83. The van der Waals surface area contributed by atoms with Gasteiger partial charge in [-0.25, -0.2) is 4.57 Å². The lowest BCUT2D eigenvalue weighted by atomic mass is 9.87. The number of para-hydroxylation sites is 2. The molecule has 41 heavy (non-hydrogen) atoms. The Morgan fingerprint density at radius 3 is 2.07 bits per heavy atom. The van der Waals surface area contributed by atoms with Gasteiger partial charge in [-0.15, -0.1) is 0 Å². The largest absolute Gasteiger partial charge is 0.309 e. The van der Waals surface area contributed by atoms with E-state index in [4.69, 9.17) is 0 Å². The van der Waals surface area contributed by atoms with Crippen LogP contribution in [-0.4, -0.2) is 9.13 Å². The molecule has 0 atom stereocenters. The van der Waals surface area contributed by atoms with Gasteiger partial charge in [-0.3, -0.25) is 0 Å². The summed E-state index contributed by atoms with van der Waals surface area (Å²) >= 11 is 0. The first kappa shape index (κ1) is 25.6. The molecule has 3 aromatic heterocycles. The number of hydrogen-bond donors (Lipinski definition) is 0. The first-order valence-corrected chi connectivity index (χ1v) is 14.7. The fourth-order valence-corrected chi connectivity index (χ4v) is 6.71. The van der Waals surface area contributed by atoms with Crippen LogP contribution in [0.15, 0.2) is 97.2 Å². The summed E-state index contributed by atoms with van der Waals surface area (Å²) in [7, 11) is 2.17. The summed E-state index contributed by atoms with van der Waals surface area (Å²) in [5, 5.41) is 5.17. The highest BCUT2D eigenvalue weighted by Gasteiger charge is 2.27. The highest BCUT2D eigenvalue weighted by molar-refractivity contribution is 6.19. The quantitative estimate of drug-likeness (QED) is 0.200. The van der Waals surface area contributed by atoms with Crippen molar-refractivity contribution >= 4 is 43.6 Å². The van der Waals surface area contributed by atoms with E-state index in [1.54, 1.807) is 0 Å². The molecule has 7 rings (SSSR count). The maximum absolute atomic E-state index is 2.52. The van der Waals surface area contributed by atoms with Crippen LogP contribution in [0.2, 0.25) is 0 Å². The van der Waals surface area contributed by atoms with Crippen LogP contribution in [0.25, 0.3) is 55.1 Å². The minimum atomic E-state index is 0.0485. The molecule has 0 N–H and O–H groups in total. The topological polar surface area (TPSA) is 13.7 Å². The number of pyridine rings is 1. The van der Waals surface area contributed by atoms with Crippen molar-refractivity contribution in [2.24, 2.45) is 7.05 Å². The van der Waals surface area contributed by atoms with Gasteiger partial charge in [0.1, 0.15) is 11.0 Å². The molecule has 3 nitrogen and oxygen atoms in total. The lowest BCUT2D eigenvalue weighted by molar-refractivity contribution is -0.665. The molecule has 0 unspecified atom stereocenters. The SMILES string of the molecule is Cc1c(C(C)C)ccc2c3cc4c5ccccc5n(-c5ccccc5)c4cc3n(-c3cc(C(C)(C)C)cc[n+]3C)c12. The molecule has 204 valence electrons. The smallest absolute Gasteiger partial charge is 0.287 e. The van der Waals surface area contributed by atoms with E-state index in [2.05, 4.69) is 159 Å². The van der Waals surface area contributed by atoms with Crippen molar-refractivity contribution in [3.05, 3.63) is 114 Å². The number of nitrogens with zero attached hydrogens (tertiary/aromatic N) is 3. The number of aryl methyl sites for hydroxylation is 2. The van der Waals surface area contributed by atoms with E-state index in [-0.39, 0.29) is 5.41 Å². The summed E-state index contributed by atoms with van der Waals surface area (Å²) in [5.74, 6) is 1.63. The molecule has 0 radical (unpaired) electrons. The Labute approximate surface area is 242 Å². The normalized spacial score (nSPS) is 12.5. The molecule has 0 fully saturated rings. The summed E-state index contributed by atoms with van der Waals surface area (Å²) in [6.07, 6.45) is 2.22. The van der Waals surface area contributed by atoms with Gasteiger partial charge in [-0.05, 0) is 65.8 Å². The van der Waals surface area contributed by atoms with Crippen LogP contribution >= 0.6 is 0 Å². The molecule has 3 heterocycles. The van der Waals surface area contributed by atoms with Gasteiger partial charge in [-0.2, -0.15) is 4.57 Å². The highest BCUT2D eigenvalue weighted by Crippen LogP contribution is 2.41. The average Bonchev–Trinajstić information content (AvgIpc) is 3.45. The molecule has 0 aliphatic carbocycles. The van der Waals surface area contributed by atoms with Crippen molar-refractivity contribution in [1.82, 2.24) is 9.13 Å². The number of fused-ring (bicyclic) bond motifs is 6. The van der Waals surface area contributed by atoms with Crippen LogP contribution < -0.4 is 4.57 Å². The molecule has 4 aromatic carbocycles. The first-order chi connectivity index (χ1) is 19.6. The Morgan fingerprint density at radius 2 is 1.34 bits per heavy atom. The van der Waals surface area contributed by atoms with E-state index in [0.717, 1.165) is 0 Å². The van der Waals surface area contributed by atoms with Crippen molar-refractivity contribution in [2.75, 3.05) is 0 Å². The van der Waals surface area contributed by atoms with Gasteiger partial charge in [0.25, 0.3) is 5.82 Å². The summed E-state index contributed by atoms with van der Waals surface area (Å²) in [6, 6.07) is 33.8. The van der Waals surface area contributed by atoms with Crippen LogP contribution in [0.1, 0.15) is 57.2 Å². The minimum absolute atomic E-state index is 0.0485. The van der Waals surface area contributed by atoms with E-state index in [1.165, 1.54) is 71.8 Å². The van der Waals surface area contributed by atoms with Crippen molar-refractivity contribution in [1.29, 1.82) is 0 Å². The fourth-order valence-electron chi connectivity index (χ4n) is 6.71. The van der Waals surface area contributed by atoms with Gasteiger partial charge in [0.05, 0.1) is 24.3 Å². The molecule has 7 aromatic rings. The summed E-state index contributed by atoms with van der Waals surface area (Å²) < 4.78 is 7.21. The van der Waals surface area contributed by atoms with E-state index in [9.17, 15) is 0 Å². The predicted octanol–water partition coefficient (Wildman–Crippen LogP) is 9.43. The van der Waals surface area contributed by atoms with Crippen molar-refractivity contribution in [3.8, 4) is 11.5 Å². The van der Waals surface area contributed by atoms with Crippen molar-refractivity contribution in [3.63, 3.8) is 0 Å². The van der Waals surface area contributed by atoms with Gasteiger partial charge < -0.3 is 4.57 Å². The van der Waals surface area contributed by atoms with Gasteiger partial charge >= 0.3 is 0 Å². The molecule has 0 saturated carbocycles. The van der Waals surface area contributed by atoms with Crippen LogP contribution in [0.4, 0.5) is 0 Å². The Hall–Kier alpha value is -4.37. The second-order valence-corrected chi connectivity index (χ2v) is 12.9. The first-order valence-electron chi connectivity index (χ1n) is 14.7. The van der Waals surface area contributed by atoms with Crippen molar-refractivity contribution in [2.45, 2.75) is 52.9 Å². The minimum Gasteiger partial charge on any atom is -0.309 e. The van der Waals surface area contributed by atoms with Crippen LogP contribution in [-0.2, 0) is 12.5 Å². The number of rotatable bonds is 3. The Bertz CT molecular complexity index is 2120. The van der Waals surface area contributed by atoms with Crippen molar-refractivity contribution < 1.29 is 4.57 Å². The lowest BCUT2D eigenvalue weighted by Crippen LogP contribution is -2.34. The molecular formula is C38H38N3+. The molecule has 0 spiro atoms. The number of aromatic nitrogens is 3. The number of benzene rings is 4. The van der Waals surface area contributed by atoms with Crippen LogP contribution in [0, 0.1) is 6.92 Å². The van der Waals surface area contributed by atoms with E-state index in [1.807, 2.05) is 0 Å². The van der Waals surface area contributed by atoms with Crippen LogP contribution in [0.3, 0.4) is 0 Å². The molecule has 0 saturated heterocycles. The summed E-state index contributed by atoms with van der Waals surface area (Å²) in [6.45, 7) is 13.8. The molecule has 0 aliphatic rings. The van der Waals surface area contributed by atoms with Gasteiger partial charge in [0, 0.05) is 44.9 Å². The Morgan fingerprint density at radius 1 is 0.659 bits per heavy atom. The maximum Gasteiger partial charge on any atom is 0.287 e. The average molecular weight is 537 g/mol. The second-order valence-electron chi connectivity index (χ2n) is 12.9. The third-order valence-corrected chi connectivity index (χ3v) is 8.87. The number of hydrogen-bond acceptors (Lipinski definition) is 0. The zero-order valence-corrected chi connectivity index (χ0v) is 25.2. The molecule has 0 aliphatic heterocycles. The maximum atomic E-state index is 2.52. The van der Waals surface area contributed by atoms with Gasteiger partial charge in [-0.1, -0.05) is 77.1 Å². The van der Waals surface area contributed by atoms with Gasteiger partial charge in [0.15, 0.2) is 0 Å². The standard InChI is InChI=1S/C38H38N3/c1-24(2)28-17-18-30-32-22-31-29-15-11-12-16-33(29)40(27-13-9-8-10-14-27)34(31)23-35(32)41(37(30)25(28)3)36-21-26(38(4,5)6)19-20-39(36)7/h8-24H,1-7H3/q+1. The summed E-state index contributed by atoms with van der Waals surface area (Å²) in [4.78, 5) is 0.